The van der Waals surface area contributed by atoms with Gasteiger partial charge in [0, 0.05) is 6.92 Å². The van der Waals surface area contributed by atoms with Crippen LogP contribution in [0.1, 0.15) is 18.6 Å². The second kappa shape index (κ2) is 2.97. The molecule has 0 saturated carbocycles. The first-order valence-corrected chi connectivity index (χ1v) is 3.88. The Hall–Kier alpha value is -1.31. The van der Waals surface area contributed by atoms with Gasteiger partial charge in [-0.15, -0.1) is 0 Å². The van der Waals surface area contributed by atoms with Crippen LogP contribution in [0.2, 0.25) is 0 Å². The quantitative estimate of drug-likeness (QED) is 0.615. The van der Waals surface area contributed by atoms with Gasteiger partial charge in [-0.2, -0.15) is 0 Å². The molecule has 0 bridgehead atoms. The first-order valence-electron chi connectivity index (χ1n) is 3.88. The van der Waals surface area contributed by atoms with Crippen molar-refractivity contribution >= 4 is 5.90 Å². The molecule has 1 aromatic rings. The zero-order chi connectivity index (χ0) is 8.39. The Balaban J connectivity index is 2.14. The van der Waals surface area contributed by atoms with Crippen LogP contribution in [0.25, 0.3) is 0 Å². The van der Waals surface area contributed by atoms with Crippen molar-refractivity contribution in [2.75, 3.05) is 0 Å². The number of nitrogens with zero attached hydrogens (tertiary/aromatic N) is 1. The molecule has 0 aromatic heterocycles. The average Bonchev–Trinajstić information content (AvgIpc) is 2.54. The SMILES string of the molecule is CC1=N[C]C(c2ccccc2)O1. The van der Waals surface area contributed by atoms with Crippen molar-refractivity contribution in [3.05, 3.63) is 42.4 Å². The maximum atomic E-state index is 5.39. The molecule has 1 aromatic carbocycles. The first kappa shape index (κ1) is 7.35. The van der Waals surface area contributed by atoms with Gasteiger partial charge < -0.3 is 4.74 Å². The molecule has 0 N–H and O–H groups in total. The molecule has 0 saturated heterocycles. The number of ether oxygens (including phenoxy) is 1. The molecule has 0 aliphatic carbocycles. The second-order valence-corrected chi connectivity index (χ2v) is 2.67. The van der Waals surface area contributed by atoms with Gasteiger partial charge in [0.25, 0.3) is 0 Å². The van der Waals surface area contributed by atoms with E-state index in [1.54, 1.807) is 0 Å². The summed E-state index contributed by atoms with van der Waals surface area (Å²) in [6.45, 7) is 4.72. The van der Waals surface area contributed by atoms with E-state index in [1.165, 1.54) is 0 Å². The highest BCUT2D eigenvalue weighted by Gasteiger charge is 2.19. The highest BCUT2D eigenvalue weighted by molar-refractivity contribution is 5.75. The first-order chi connectivity index (χ1) is 5.86. The summed E-state index contributed by atoms with van der Waals surface area (Å²) in [5.41, 5.74) is 1.10. The van der Waals surface area contributed by atoms with Crippen molar-refractivity contribution in [3.8, 4) is 0 Å². The molecule has 0 spiro atoms. The molecule has 2 radical (unpaired) electrons. The van der Waals surface area contributed by atoms with Gasteiger partial charge in [0.15, 0.2) is 18.5 Å². The molecule has 60 valence electrons. The maximum absolute atomic E-state index is 5.39. The van der Waals surface area contributed by atoms with Gasteiger partial charge >= 0.3 is 0 Å². The molecule has 2 rings (SSSR count). The van der Waals surface area contributed by atoms with Crippen LogP contribution in [0.4, 0.5) is 0 Å². The van der Waals surface area contributed by atoms with Crippen molar-refractivity contribution < 1.29 is 4.74 Å². The van der Waals surface area contributed by atoms with Crippen molar-refractivity contribution in [2.45, 2.75) is 13.0 Å². The Labute approximate surface area is 71.9 Å². The smallest absolute Gasteiger partial charge is 0.181 e. The number of hydrogen-bond acceptors (Lipinski definition) is 2. The standard InChI is InChI=1S/C10H9NO/c1-8-11-7-10(12-8)9-5-3-2-4-6-9/h2-6,10H,1H3. The molecule has 12 heavy (non-hydrogen) atoms. The topological polar surface area (TPSA) is 21.6 Å². The summed E-state index contributed by atoms with van der Waals surface area (Å²) in [6.07, 6.45) is -0.105. The van der Waals surface area contributed by atoms with Crippen LogP contribution in [-0.2, 0) is 4.74 Å². The Kier molecular flexibility index (Phi) is 1.82. The summed E-state index contributed by atoms with van der Waals surface area (Å²) in [6, 6.07) is 9.95. The number of rotatable bonds is 1. The minimum Gasteiger partial charge on any atom is -0.470 e. The predicted molar refractivity (Wildman–Crippen MR) is 46.6 cm³/mol. The van der Waals surface area contributed by atoms with Crippen LogP contribution < -0.4 is 0 Å². The van der Waals surface area contributed by atoms with Crippen LogP contribution in [0, 0.1) is 6.54 Å². The van der Waals surface area contributed by atoms with E-state index in [1.807, 2.05) is 37.3 Å². The van der Waals surface area contributed by atoms with E-state index >= 15 is 0 Å². The van der Waals surface area contributed by atoms with E-state index in [2.05, 4.69) is 11.5 Å². The minimum absolute atomic E-state index is 0.105. The summed E-state index contributed by atoms with van der Waals surface area (Å²) in [5.74, 6) is 0.684. The van der Waals surface area contributed by atoms with Gasteiger partial charge in [0.1, 0.15) is 0 Å². The van der Waals surface area contributed by atoms with E-state index in [0.717, 1.165) is 5.56 Å². The molecule has 1 atom stereocenters. The molecule has 1 aliphatic rings. The lowest BCUT2D eigenvalue weighted by atomic mass is 10.1. The summed E-state index contributed by atoms with van der Waals surface area (Å²) in [5, 5.41) is 0. The van der Waals surface area contributed by atoms with Crippen LogP contribution in [-0.4, -0.2) is 5.90 Å². The van der Waals surface area contributed by atoms with Crippen LogP contribution in [0.5, 0.6) is 0 Å². The summed E-state index contributed by atoms with van der Waals surface area (Å²) in [4.78, 5) is 3.94. The molecular formula is C10H9NO. The van der Waals surface area contributed by atoms with Crippen molar-refractivity contribution in [3.63, 3.8) is 0 Å². The van der Waals surface area contributed by atoms with E-state index in [4.69, 9.17) is 4.74 Å². The van der Waals surface area contributed by atoms with E-state index in [0.29, 0.717) is 5.90 Å². The molecule has 2 heteroatoms. The zero-order valence-corrected chi connectivity index (χ0v) is 6.82. The number of aliphatic imine (C=N–C) groups is 1. The van der Waals surface area contributed by atoms with E-state index < -0.39 is 0 Å². The van der Waals surface area contributed by atoms with Crippen LogP contribution in [0.15, 0.2) is 35.3 Å². The zero-order valence-electron chi connectivity index (χ0n) is 6.82. The third-order valence-electron chi connectivity index (χ3n) is 1.73. The molecule has 0 amide bonds. The fraction of sp³-hybridized carbons (Fsp3) is 0.200. The fourth-order valence-electron chi connectivity index (χ4n) is 1.14. The highest BCUT2D eigenvalue weighted by atomic mass is 16.5. The predicted octanol–water partition coefficient (Wildman–Crippen LogP) is 2.22. The molecule has 1 aliphatic heterocycles. The maximum Gasteiger partial charge on any atom is 0.181 e. The molecule has 2 nitrogen and oxygen atoms in total. The van der Waals surface area contributed by atoms with Gasteiger partial charge in [0.2, 0.25) is 0 Å². The lowest BCUT2D eigenvalue weighted by Gasteiger charge is -2.08. The van der Waals surface area contributed by atoms with E-state index in [9.17, 15) is 0 Å². The van der Waals surface area contributed by atoms with E-state index in [-0.39, 0.29) is 6.10 Å². The van der Waals surface area contributed by atoms with Gasteiger partial charge in [0.05, 0.1) is 0 Å². The Bertz CT molecular complexity index is 292. The average molecular weight is 159 g/mol. The minimum atomic E-state index is -0.105. The fourth-order valence-corrected chi connectivity index (χ4v) is 1.14. The molecule has 1 unspecified atom stereocenters. The van der Waals surface area contributed by atoms with Crippen molar-refractivity contribution in [1.29, 1.82) is 0 Å². The van der Waals surface area contributed by atoms with Crippen molar-refractivity contribution in [1.82, 2.24) is 0 Å². The molecular weight excluding hydrogens is 150 g/mol. The highest BCUT2D eigenvalue weighted by Crippen LogP contribution is 2.25. The number of hydrogen-bond donors (Lipinski definition) is 0. The summed E-state index contributed by atoms with van der Waals surface area (Å²) in [7, 11) is 0. The monoisotopic (exact) mass is 159 g/mol. The van der Waals surface area contributed by atoms with Crippen LogP contribution >= 0.6 is 0 Å². The lowest BCUT2D eigenvalue weighted by molar-refractivity contribution is 0.246. The van der Waals surface area contributed by atoms with Crippen molar-refractivity contribution in [2.24, 2.45) is 4.99 Å². The Morgan fingerprint density at radius 3 is 2.67 bits per heavy atom. The Morgan fingerprint density at radius 1 is 1.33 bits per heavy atom. The molecule has 1 heterocycles. The molecule has 0 fully saturated rings. The number of benzene rings is 1. The third-order valence-corrected chi connectivity index (χ3v) is 1.73. The van der Waals surface area contributed by atoms with Gasteiger partial charge in [-0.25, -0.2) is 4.99 Å². The summed E-state index contributed by atoms with van der Waals surface area (Å²) < 4.78 is 5.39. The van der Waals surface area contributed by atoms with Crippen LogP contribution in [0.3, 0.4) is 0 Å². The van der Waals surface area contributed by atoms with Gasteiger partial charge in [-0.3, -0.25) is 0 Å². The largest absolute Gasteiger partial charge is 0.470 e. The third kappa shape index (κ3) is 1.33. The van der Waals surface area contributed by atoms with Gasteiger partial charge in [-0.1, -0.05) is 30.3 Å². The Morgan fingerprint density at radius 2 is 2.08 bits per heavy atom. The normalized spacial score (nSPS) is 21.8. The van der Waals surface area contributed by atoms with Gasteiger partial charge in [-0.05, 0) is 5.56 Å². The lowest BCUT2D eigenvalue weighted by Crippen LogP contribution is -1.99. The summed E-state index contributed by atoms with van der Waals surface area (Å²) >= 11 is 0. The second-order valence-electron chi connectivity index (χ2n) is 2.67.